The van der Waals surface area contributed by atoms with E-state index in [1.165, 1.54) is 19.4 Å². The van der Waals surface area contributed by atoms with Crippen LogP contribution in [0.15, 0.2) is 0 Å². The van der Waals surface area contributed by atoms with E-state index < -0.39 is 0 Å². The van der Waals surface area contributed by atoms with Crippen LogP contribution < -0.4 is 5.32 Å². The standard InChI is InChI=1S/C16H35N3O/c1-14(2)13-19(11-10-18(4)5)9-8-17-15(3)16-7-6-12-20-16/h14-17H,6-13H2,1-5H3. The molecule has 1 rings (SSSR count). The van der Waals surface area contributed by atoms with Gasteiger partial charge in [0, 0.05) is 45.4 Å². The second kappa shape index (κ2) is 9.72. The van der Waals surface area contributed by atoms with E-state index in [-0.39, 0.29) is 0 Å². The summed E-state index contributed by atoms with van der Waals surface area (Å²) in [7, 11) is 4.29. The summed E-state index contributed by atoms with van der Waals surface area (Å²) in [6, 6.07) is 0.479. The maximum Gasteiger partial charge on any atom is 0.0726 e. The Hall–Kier alpha value is -0.160. The van der Waals surface area contributed by atoms with Crippen molar-refractivity contribution in [1.82, 2.24) is 15.1 Å². The van der Waals surface area contributed by atoms with Crippen LogP contribution in [0.3, 0.4) is 0 Å². The number of ether oxygens (including phenoxy) is 1. The zero-order valence-corrected chi connectivity index (χ0v) is 14.2. The van der Waals surface area contributed by atoms with Crippen molar-refractivity contribution < 1.29 is 4.74 Å². The van der Waals surface area contributed by atoms with Crippen molar-refractivity contribution in [2.24, 2.45) is 5.92 Å². The summed E-state index contributed by atoms with van der Waals surface area (Å²) in [6.07, 6.45) is 2.86. The fourth-order valence-corrected chi connectivity index (χ4v) is 2.73. The van der Waals surface area contributed by atoms with Gasteiger partial charge >= 0.3 is 0 Å². The molecule has 0 aliphatic carbocycles. The molecule has 1 N–H and O–H groups in total. The summed E-state index contributed by atoms with van der Waals surface area (Å²) in [5, 5.41) is 3.64. The second-order valence-electron chi connectivity index (χ2n) is 6.79. The number of hydrogen-bond donors (Lipinski definition) is 1. The summed E-state index contributed by atoms with van der Waals surface area (Å²) in [4.78, 5) is 4.83. The molecule has 1 aliphatic heterocycles. The Bertz CT molecular complexity index is 240. The molecule has 4 nitrogen and oxygen atoms in total. The zero-order valence-electron chi connectivity index (χ0n) is 14.2. The Morgan fingerprint density at radius 2 is 1.90 bits per heavy atom. The molecule has 2 unspecified atom stereocenters. The minimum atomic E-state index is 0.426. The number of nitrogens with one attached hydrogen (secondary N) is 1. The number of nitrogens with zero attached hydrogens (tertiary/aromatic N) is 2. The van der Waals surface area contributed by atoms with Crippen molar-refractivity contribution in [3.8, 4) is 0 Å². The van der Waals surface area contributed by atoms with Crippen LogP contribution >= 0.6 is 0 Å². The second-order valence-corrected chi connectivity index (χ2v) is 6.79. The lowest BCUT2D eigenvalue weighted by Crippen LogP contribution is -2.43. The van der Waals surface area contributed by atoms with Crippen molar-refractivity contribution in [1.29, 1.82) is 0 Å². The van der Waals surface area contributed by atoms with Gasteiger partial charge in [-0.2, -0.15) is 0 Å². The van der Waals surface area contributed by atoms with Crippen LogP contribution in [0.2, 0.25) is 0 Å². The molecule has 20 heavy (non-hydrogen) atoms. The van der Waals surface area contributed by atoms with E-state index in [0.717, 1.165) is 38.7 Å². The van der Waals surface area contributed by atoms with Crippen LogP contribution in [0.1, 0.15) is 33.6 Å². The van der Waals surface area contributed by atoms with E-state index in [1.807, 2.05) is 0 Å². The molecule has 0 radical (unpaired) electrons. The molecule has 0 saturated carbocycles. The molecule has 4 heteroatoms. The average molecular weight is 285 g/mol. The Morgan fingerprint density at radius 1 is 1.15 bits per heavy atom. The summed E-state index contributed by atoms with van der Waals surface area (Å²) >= 11 is 0. The smallest absolute Gasteiger partial charge is 0.0726 e. The van der Waals surface area contributed by atoms with Gasteiger partial charge in [-0.25, -0.2) is 0 Å². The van der Waals surface area contributed by atoms with E-state index in [1.54, 1.807) is 0 Å². The van der Waals surface area contributed by atoms with Gasteiger partial charge in [-0.15, -0.1) is 0 Å². The van der Waals surface area contributed by atoms with Crippen molar-refractivity contribution in [2.75, 3.05) is 53.4 Å². The van der Waals surface area contributed by atoms with Gasteiger partial charge in [-0.05, 0) is 39.8 Å². The van der Waals surface area contributed by atoms with Crippen molar-refractivity contribution in [2.45, 2.75) is 45.8 Å². The highest BCUT2D eigenvalue weighted by Gasteiger charge is 2.21. The first-order valence-corrected chi connectivity index (χ1v) is 8.21. The van der Waals surface area contributed by atoms with Crippen LogP contribution in [-0.2, 0) is 4.74 Å². The third-order valence-electron chi connectivity index (χ3n) is 3.90. The van der Waals surface area contributed by atoms with Crippen LogP contribution in [0.5, 0.6) is 0 Å². The molecule has 1 saturated heterocycles. The van der Waals surface area contributed by atoms with Crippen molar-refractivity contribution in [3.05, 3.63) is 0 Å². The molecule has 1 aliphatic rings. The summed E-state index contributed by atoms with van der Waals surface area (Å²) < 4.78 is 5.73. The van der Waals surface area contributed by atoms with Crippen LogP contribution in [0.4, 0.5) is 0 Å². The van der Waals surface area contributed by atoms with E-state index in [2.05, 4.69) is 50.0 Å². The molecule has 0 aromatic rings. The lowest BCUT2D eigenvalue weighted by molar-refractivity contribution is 0.0823. The van der Waals surface area contributed by atoms with Crippen LogP contribution in [0, 0.1) is 5.92 Å². The number of rotatable bonds is 10. The fourth-order valence-electron chi connectivity index (χ4n) is 2.73. The van der Waals surface area contributed by atoms with E-state index in [4.69, 9.17) is 4.74 Å². The lowest BCUT2D eigenvalue weighted by Gasteiger charge is -2.27. The molecule has 0 amide bonds. The molecule has 0 spiro atoms. The first-order chi connectivity index (χ1) is 9.49. The van der Waals surface area contributed by atoms with Gasteiger partial charge < -0.3 is 19.9 Å². The maximum absolute atomic E-state index is 5.73. The normalized spacial score (nSPS) is 21.3. The van der Waals surface area contributed by atoms with Crippen molar-refractivity contribution >= 4 is 0 Å². The van der Waals surface area contributed by atoms with Gasteiger partial charge in [-0.3, -0.25) is 0 Å². The highest BCUT2D eigenvalue weighted by atomic mass is 16.5. The van der Waals surface area contributed by atoms with Gasteiger partial charge in [0.2, 0.25) is 0 Å². The van der Waals surface area contributed by atoms with Gasteiger partial charge in [0.05, 0.1) is 6.10 Å². The molecule has 0 aromatic carbocycles. The monoisotopic (exact) mass is 285 g/mol. The molecule has 120 valence electrons. The Balaban J connectivity index is 2.22. The molecule has 2 atom stereocenters. The van der Waals surface area contributed by atoms with E-state index in [0.29, 0.717) is 12.1 Å². The molecule has 0 aromatic heterocycles. The maximum atomic E-state index is 5.73. The quantitative estimate of drug-likeness (QED) is 0.661. The Kier molecular flexibility index (Phi) is 8.69. The first-order valence-electron chi connectivity index (χ1n) is 8.21. The first kappa shape index (κ1) is 17.9. The van der Waals surface area contributed by atoms with Crippen molar-refractivity contribution in [3.63, 3.8) is 0 Å². The minimum Gasteiger partial charge on any atom is -0.377 e. The zero-order chi connectivity index (χ0) is 15.0. The summed E-state index contributed by atoms with van der Waals surface area (Å²) in [5.74, 6) is 0.729. The highest BCUT2D eigenvalue weighted by Crippen LogP contribution is 2.15. The minimum absolute atomic E-state index is 0.426. The SMILES string of the molecule is CC(C)CN(CCNC(C)C1CCCO1)CCN(C)C. The third-order valence-corrected chi connectivity index (χ3v) is 3.90. The highest BCUT2D eigenvalue weighted by molar-refractivity contribution is 4.77. The molecular weight excluding hydrogens is 250 g/mol. The fraction of sp³-hybridized carbons (Fsp3) is 1.00. The summed E-state index contributed by atoms with van der Waals surface area (Å²) in [5.41, 5.74) is 0. The molecular formula is C16H35N3O. The predicted octanol–water partition coefficient (Wildman–Crippen LogP) is 1.66. The van der Waals surface area contributed by atoms with E-state index in [9.17, 15) is 0 Å². The van der Waals surface area contributed by atoms with Gasteiger partial charge in [0.25, 0.3) is 0 Å². The Labute approximate surface area is 125 Å². The van der Waals surface area contributed by atoms with Gasteiger partial charge in [-0.1, -0.05) is 13.8 Å². The van der Waals surface area contributed by atoms with Crippen LogP contribution in [0.25, 0.3) is 0 Å². The van der Waals surface area contributed by atoms with Crippen LogP contribution in [-0.4, -0.2) is 75.4 Å². The molecule has 1 heterocycles. The molecule has 1 fully saturated rings. The predicted molar refractivity (Wildman–Crippen MR) is 86.3 cm³/mol. The Morgan fingerprint density at radius 3 is 2.45 bits per heavy atom. The van der Waals surface area contributed by atoms with E-state index >= 15 is 0 Å². The van der Waals surface area contributed by atoms with Gasteiger partial charge in [0.1, 0.15) is 0 Å². The topological polar surface area (TPSA) is 27.7 Å². The third kappa shape index (κ3) is 7.58. The molecule has 0 bridgehead atoms. The largest absolute Gasteiger partial charge is 0.377 e. The number of likely N-dealkylation sites (N-methyl/N-ethyl adjacent to an activating group) is 1. The average Bonchev–Trinajstić information content (AvgIpc) is 2.88. The van der Waals surface area contributed by atoms with Gasteiger partial charge in [0.15, 0.2) is 0 Å². The summed E-state index contributed by atoms with van der Waals surface area (Å²) in [6.45, 7) is 13.4. The lowest BCUT2D eigenvalue weighted by atomic mass is 10.1. The number of hydrogen-bond acceptors (Lipinski definition) is 4.